The fraction of sp³-hybridized carbons (Fsp3) is 0.625. The Morgan fingerprint density at radius 3 is 2.76 bits per heavy atom. The van der Waals surface area contributed by atoms with Crippen LogP contribution in [0.3, 0.4) is 0 Å². The van der Waals surface area contributed by atoms with Crippen molar-refractivity contribution in [2.75, 3.05) is 0 Å². The van der Waals surface area contributed by atoms with Gasteiger partial charge in [-0.2, -0.15) is 0 Å². The van der Waals surface area contributed by atoms with Gasteiger partial charge in [-0.3, -0.25) is 0 Å². The Hall–Kier alpha value is -0.820. The van der Waals surface area contributed by atoms with Gasteiger partial charge in [0.05, 0.1) is 0 Å². The van der Waals surface area contributed by atoms with Gasteiger partial charge in [0.2, 0.25) is 0 Å². The number of nitrogens with one attached hydrogen (secondary N) is 1. The zero-order valence-corrected chi connectivity index (χ0v) is 11.0. The lowest BCUT2D eigenvalue weighted by Gasteiger charge is -2.23. The summed E-state index contributed by atoms with van der Waals surface area (Å²) in [5.74, 6) is 2.02. The molecule has 1 aromatic carbocycles. The molecule has 2 aliphatic rings. The molecule has 2 bridgehead atoms. The molecule has 3 unspecified atom stereocenters. The van der Waals surface area contributed by atoms with Gasteiger partial charge in [0.1, 0.15) is 0 Å². The third-order valence-electron chi connectivity index (χ3n) is 4.80. The first-order valence-electron chi connectivity index (χ1n) is 7.02. The van der Waals surface area contributed by atoms with E-state index in [-0.39, 0.29) is 0 Å². The van der Waals surface area contributed by atoms with Gasteiger partial charge in [-0.15, -0.1) is 0 Å². The molecule has 2 saturated carbocycles. The molecule has 0 radical (unpaired) electrons. The Morgan fingerprint density at radius 1 is 1.18 bits per heavy atom. The van der Waals surface area contributed by atoms with E-state index in [4.69, 9.17) is 0 Å². The predicted octanol–water partition coefficient (Wildman–Crippen LogP) is 3.58. The number of hydrogen-bond acceptors (Lipinski definition) is 1. The van der Waals surface area contributed by atoms with Crippen LogP contribution in [-0.2, 0) is 6.54 Å². The summed E-state index contributed by atoms with van der Waals surface area (Å²) in [5, 5.41) is 3.80. The molecule has 3 atom stereocenters. The Bertz CT molecular complexity index is 410. The number of aryl methyl sites for hydroxylation is 2. The minimum Gasteiger partial charge on any atom is -0.310 e. The summed E-state index contributed by atoms with van der Waals surface area (Å²) < 4.78 is 0. The summed E-state index contributed by atoms with van der Waals surface area (Å²) in [6.45, 7) is 5.46. The first-order valence-corrected chi connectivity index (χ1v) is 7.02. The summed E-state index contributed by atoms with van der Waals surface area (Å²) >= 11 is 0. The average Bonchev–Trinajstić information content (AvgIpc) is 2.92. The molecule has 0 amide bonds. The molecule has 92 valence electrons. The molecule has 17 heavy (non-hydrogen) atoms. The maximum absolute atomic E-state index is 3.80. The molecular formula is C16H23N. The van der Waals surface area contributed by atoms with E-state index in [1.54, 1.807) is 0 Å². The van der Waals surface area contributed by atoms with Crippen LogP contribution in [-0.4, -0.2) is 6.04 Å². The van der Waals surface area contributed by atoms with E-state index in [1.165, 1.54) is 42.4 Å². The van der Waals surface area contributed by atoms with E-state index in [0.29, 0.717) is 0 Å². The van der Waals surface area contributed by atoms with Crippen molar-refractivity contribution < 1.29 is 0 Å². The van der Waals surface area contributed by atoms with E-state index < -0.39 is 0 Å². The lowest BCUT2D eigenvalue weighted by Crippen LogP contribution is -2.33. The van der Waals surface area contributed by atoms with Crippen molar-refractivity contribution in [1.29, 1.82) is 0 Å². The molecule has 1 heteroatoms. The van der Waals surface area contributed by atoms with Gasteiger partial charge >= 0.3 is 0 Å². The summed E-state index contributed by atoms with van der Waals surface area (Å²) in [4.78, 5) is 0. The van der Waals surface area contributed by atoms with Crippen LogP contribution >= 0.6 is 0 Å². The largest absolute Gasteiger partial charge is 0.310 e. The van der Waals surface area contributed by atoms with E-state index in [0.717, 1.165) is 24.4 Å². The van der Waals surface area contributed by atoms with E-state index in [1.807, 2.05) is 0 Å². The fourth-order valence-electron chi connectivity index (χ4n) is 3.73. The molecule has 2 aliphatic carbocycles. The second-order valence-corrected chi connectivity index (χ2v) is 6.09. The minimum absolute atomic E-state index is 0.800. The normalized spacial score (nSPS) is 31.1. The van der Waals surface area contributed by atoms with Crippen LogP contribution in [0.25, 0.3) is 0 Å². The van der Waals surface area contributed by atoms with Gasteiger partial charge in [-0.1, -0.05) is 30.2 Å². The summed E-state index contributed by atoms with van der Waals surface area (Å²) in [6.07, 6.45) is 5.88. The van der Waals surface area contributed by atoms with Crippen LogP contribution in [0.5, 0.6) is 0 Å². The number of rotatable bonds is 3. The smallest absolute Gasteiger partial charge is 0.0210 e. The van der Waals surface area contributed by atoms with Crippen LogP contribution in [0.4, 0.5) is 0 Å². The maximum atomic E-state index is 3.80. The second-order valence-electron chi connectivity index (χ2n) is 6.09. The van der Waals surface area contributed by atoms with E-state index in [9.17, 15) is 0 Å². The topological polar surface area (TPSA) is 12.0 Å². The predicted molar refractivity (Wildman–Crippen MR) is 72.0 cm³/mol. The minimum atomic E-state index is 0.800. The van der Waals surface area contributed by atoms with Crippen molar-refractivity contribution in [3.63, 3.8) is 0 Å². The standard InChI is InChI=1S/C16H23N/c1-11-3-4-12(2)15(7-11)10-17-16-9-13-5-6-14(16)8-13/h3-4,7,13-14,16-17H,5-6,8-10H2,1-2H3. The first kappa shape index (κ1) is 11.3. The van der Waals surface area contributed by atoms with Crippen molar-refractivity contribution in [2.45, 2.75) is 52.1 Å². The summed E-state index contributed by atoms with van der Waals surface area (Å²) in [6, 6.07) is 7.58. The molecule has 0 spiro atoms. The Kier molecular flexibility index (Phi) is 2.96. The van der Waals surface area contributed by atoms with Crippen LogP contribution in [0.15, 0.2) is 18.2 Å². The second kappa shape index (κ2) is 4.45. The number of fused-ring (bicyclic) bond motifs is 2. The summed E-state index contributed by atoms with van der Waals surface area (Å²) in [5.41, 5.74) is 4.28. The molecule has 1 aromatic rings. The highest BCUT2D eigenvalue weighted by Gasteiger charge is 2.38. The van der Waals surface area contributed by atoms with E-state index >= 15 is 0 Å². The summed E-state index contributed by atoms with van der Waals surface area (Å²) in [7, 11) is 0. The van der Waals surface area contributed by atoms with E-state index in [2.05, 4.69) is 37.4 Å². The van der Waals surface area contributed by atoms with Crippen molar-refractivity contribution in [3.05, 3.63) is 34.9 Å². The van der Waals surface area contributed by atoms with Crippen molar-refractivity contribution in [2.24, 2.45) is 11.8 Å². The molecule has 2 fully saturated rings. The van der Waals surface area contributed by atoms with Gasteiger partial charge in [-0.25, -0.2) is 0 Å². The lowest BCUT2D eigenvalue weighted by atomic mass is 9.95. The zero-order chi connectivity index (χ0) is 11.8. The molecular weight excluding hydrogens is 206 g/mol. The quantitative estimate of drug-likeness (QED) is 0.835. The van der Waals surface area contributed by atoms with Crippen LogP contribution < -0.4 is 5.32 Å². The van der Waals surface area contributed by atoms with Gasteiger partial charge in [0.25, 0.3) is 0 Å². The Morgan fingerprint density at radius 2 is 2.06 bits per heavy atom. The fourth-order valence-corrected chi connectivity index (χ4v) is 3.73. The average molecular weight is 229 g/mol. The monoisotopic (exact) mass is 229 g/mol. The van der Waals surface area contributed by atoms with Crippen LogP contribution in [0.1, 0.15) is 42.4 Å². The third-order valence-corrected chi connectivity index (χ3v) is 4.80. The molecule has 3 rings (SSSR count). The molecule has 0 heterocycles. The maximum Gasteiger partial charge on any atom is 0.0210 e. The zero-order valence-electron chi connectivity index (χ0n) is 11.0. The van der Waals surface area contributed by atoms with Crippen molar-refractivity contribution in [1.82, 2.24) is 5.32 Å². The van der Waals surface area contributed by atoms with Gasteiger partial charge in [-0.05, 0) is 56.1 Å². The molecule has 1 nitrogen and oxygen atoms in total. The third kappa shape index (κ3) is 2.26. The Balaban J connectivity index is 1.62. The number of benzene rings is 1. The first-order chi connectivity index (χ1) is 8.22. The van der Waals surface area contributed by atoms with Gasteiger partial charge in [0.15, 0.2) is 0 Å². The highest BCUT2D eigenvalue weighted by atomic mass is 14.9. The van der Waals surface area contributed by atoms with Crippen molar-refractivity contribution >= 4 is 0 Å². The van der Waals surface area contributed by atoms with Crippen molar-refractivity contribution in [3.8, 4) is 0 Å². The molecule has 0 aromatic heterocycles. The van der Waals surface area contributed by atoms with Gasteiger partial charge < -0.3 is 5.32 Å². The van der Waals surface area contributed by atoms with Crippen LogP contribution in [0.2, 0.25) is 0 Å². The molecule has 0 aliphatic heterocycles. The number of hydrogen-bond donors (Lipinski definition) is 1. The molecule has 0 saturated heterocycles. The SMILES string of the molecule is Cc1ccc(C)c(CNC2CC3CCC2C3)c1. The van der Waals surface area contributed by atoms with Crippen LogP contribution in [0, 0.1) is 25.7 Å². The highest BCUT2D eigenvalue weighted by molar-refractivity contribution is 5.30. The highest BCUT2D eigenvalue weighted by Crippen LogP contribution is 2.44. The molecule has 1 N–H and O–H groups in total. The lowest BCUT2D eigenvalue weighted by molar-refractivity contribution is 0.350. The Labute approximate surface area is 105 Å². The van der Waals surface area contributed by atoms with Gasteiger partial charge in [0, 0.05) is 12.6 Å².